The van der Waals surface area contributed by atoms with E-state index in [0.717, 1.165) is 27.9 Å². The van der Waals surface area contributed by atoms with Crippen molar-refractivity contribution in [1.82, 2.24) is 4.57 Å². The predicted molar refractivity (Wildman–Crippen MR) is 160 cm³/mol. The Labute approximate surface area is 236 Å². The highest BCUT2D eigenvalue weighted by molar-refractivity contribution is 6.33. The van der Waals surface area contributed by atoms with Crippen LogP contribution in [0.2, 0.25) is 5.02 Å². The maximum atomic E-state index is 14.3. The van der Waals surface area contributed by atoms with E-state index in [-0.39, 0.29) is 11.6 Å². The van der Waals surface area contributed by atoms with Crippen LogP contribution in [0, 0.1) is 0 Å². The minimum absolute atomic E-state index is 0.157. The maximum Gasteiger partial charge on any atom is 0.196 e. The summed E-state index contributed by atoms with van der Waals surface area (Å²) >= 11 is 6.30. The Morgan fingerprint density at radius 3 is 1.40 bits per heavy atom. The second-order valence-electron chi connectivity index (χ2n) is 9.74. The van der Waals surface area contributed by atoms with Crippen molar-refractivity contribution in [2.45, 2.75) is 0 Å². The first-order chi connectivity index (χ1) is 19.6. The van der Waals surface area contributed by atoms with Crippen molar-refractivity contribution in [1.29, 1.82) is 0 Å². The molecule has 1 aliphatic carbocycles. The van der Waals surface area contributed by atoms with Gasteiger partial charge in [-0.2, -0.15) is 0 Å². The van der Waals surface area contributed by atoms with Crippen LogP contribution >= 0.6 is 11.6 Å². The van der Waals surface area contributed by atoms with Crippen LogP contribution in [0.5, 0.6) is 0 Å². The van der Waals surface area contributed by atoms with E-state index in [1.54, 1.807) is 24.3 Å². The molecule has 190 valence electrons. The molecule has 4 heteroatoms. The van der Waals surface area contributed by atoms with Gasteiger partial charge < -0.3 is 4.57 Å². The number of benzene rings is 5. The van der Waals surface area contributed by atoms with Gasteiger partial charge in [0.1, 0.15) is 0 Å². The summed E-state index contributed by atoms with van der Waals surface area (Å²) in [6, 6.07) is 42.6. The number of hydrogen-bond donors (Lipinski definition) is 0. The van der Waals surface area contributed by atoms with Crippen molar-refractivity contribution in [3.05, 3.63) is 161 Å². The molecule has 0 fully saturated rings. The fourth-order valence-electron chi connectivity index (χ4n) is 5.68. The van der Waals surface area contributed by atoms with E-state index in [9.17, 15) is 9.59 Å². The topological polar surface area (TPSA) is 39.1 Å². The summed E-state index contributed by atoms with van der Waals surface area (Å²) in [4.78, 5) is 28.6. The van der Waals surface area contributed by atoms with E-state index in [2.05, 4.69) is 22.8 Å². The second kappa shape index (κ2) is 9.64. The molecule has 6 aromatic rings. The number of aromatic nitrogens is 1. The molecule has 0 radical (unpaired) electrons. The van der Waals surface area contributed by atoms with E-state index in [1.165, 1.54) is 0 Å². The van der Waals surface area contributed by atoms with E-state index in [1.807, 2.05) is 91.0 Å². The molecule has 0 saturated carbocycles. The Balaban J connectivity index is 1.68. The number of nitrogens with zero attached hydrogens (tertiary/aromatic N) is 1. The maximum absolute atomic E-state index is 14.3. The molecular formula is C36H22ClNO2. The molecule has 7 rings (SSSR count). The zero-order chi connectivity index (χ0) is 27.2. The zero-order valence-corrected chi connectivity index (χ0v) is 22.1. The Morgan fingerprint density at radius 1 is 0.425 bits per heavy atom. The van der Waals surface area contributed by atoms with Crippen LogP contribution in [0.3, 0.4) is 0 Å². The SMILES string of the molecule is O=C1c2ccccc2C(=O)c2c1c(-c1ccccc1)n(-c1ccccc1-c1ccccc1)c2-c1ccc(Cl)cc1. The third kappa shape index (κ3) is 3.75. The summed E-state index contributed by atoms with van der Waals surface area (Å²) in [5.74, 6) is -0.321. The average molecular weight is 536 g/mol. The predicted octanol–water partition coefficient (Wildman–Crippen LogP) is 8.91. The first-order valence-corrected chi connectivity index (χ1v) is 13.4. The van der Waals surface area contributed by atoms with Crippen molar-refractivity contribution < 1.29 is 9.59 Å². The van der Waals surface area contributed by atoms with Gasteiger partial charge in [0.05, 0.1) is 28.2 Å². The number of hydrogen-bond acceptors (Lipinski definition) is 2. The van der Waals surface area contributed by atoms with Gasteiger partial charge in [-0.1, -0.05) is 127 Å². The van der Waals surface area contributed by atoms with Gasteiger partial charge in [-0.25, -0.2) is 0 Å². The van der Waals surface area contributed by atoms with Crippen molar-refractivity contribution in [3.8, 4) is 39.3 Å². The number of rotatable bonds is 4. The van der Waals surface area contributed by atoms with Crippen LogP contribution in [0.15, 0.2) is 133 Å². The Kier molecular flexibility index (Phi) is 5.80. The molecular weight excluding hydrogens is 514 g/mol. The highest BCUT2D eigenvalue weighted by Gasteiger charge is 2.39. The molecule has 5 aromatic carbocycles. The van der Waals surface area contributed by atoms with Crippen molar-refractivity contribution >= 4 is 23.2 Å². The number of para-hydroxylation sites is 1. The van der Waals surface area contributed by atoms with Gasteiger partial charge in [-0.05, 0) is 34.9 Å². The van der Waals surface area contributed by atoms with Gasteiger partial charge in [0.2, 0.25) is 0 Å². The highest BCUT2D eigenvalue weighted by atomic mass is 35.5. The molecule has 1 heterocycles. The lowest BCUT2D eigenvalue weighted by Gasteiger charge is -2.19. The number of halogens is 1. The van der Waals surface area contributed by atoms with E-state index in [0.29, 0.717) is 38.7 Å². The summed E-state index contributed by atoms with van der Waals surface area (Å²) in [6.07, 6.45) is 0. The number of fused-ring (bicyclic) bond motifs is 2. The van der Waals surface area contributed by atoms with Gasteiger partial charge in [0.25, 0.3) is 0 Å². The standard InChI is InChI=1S/C36H22ClNO2/c37-26-21-19-25(20-22-26)34-32-31(35(39)28-16-7-8-17-29(28)36(32)40)33(24-13-5-2-6-14-24)38(34)30-18-10-9-15-27(30)23-11-3-1-4-12-23/h1-22H. The van der Waals surface area contributed by atoms with E-state index >= 15 is 0 Å². The normalized spacial score (nSPS) is 12.2. The lowest BCUT2D eigenvalue weighted by molar-refractivity contribution is 0.0981. The molecule has 0 N–H and O–H groups in total. The highest BCUT2D eigenvalue weighted by Crippen LogP contribution is 2.46. The quantitative estimate of drug-likeness (QED) is 0.226. The molecule has 0 saturated heterocycles. The molecule has 3 nitrogen and oxygen atoms in total. The van der Waals surface area contributed by atoms with E-state index in [4.69, 9.17) is 11.6 Å². The number of ketones is 2. The Hall–Kier alpha value is -4.99. The molecule has 1 aromatic heterocycles. The number of carbonyl (C=O) groups is 2. The average Bonchev–Trinajstić information content (AvgIpc) is 3.37. The third-order valence-corrected chi connectivity index (χ3v) is 7.69. The van der Waals surface area contributed by atoms with Crippen molar-refractivity contribution in [2.24, 2.45) is 0 Å². The van der Waals surface area contributed by atoms with Crippen LogP contribution in [0.25, 0.3) is 39.3 Å². The van der Waals surface area contributed by atoms with Crippen LogP contribution in [0.1, 0.15) is 31.8 Å². The number of carbonyl (C=O) groups excluding carboxylic acids is 2. The van der Waals surface area contributed by atoms with E-state index < -0.39 is 0 Å². The van der Waals surface area contributed by atoms with Crippen LogP contribution in [-0.4, -0.2) is 16.1 Å². The third-order valence-electron chi connectivity index (χ3n) is 7.44. The van der Waals surface area contributed by atoms with Crippen molar-refractivity contribution in [3.63, 3.8) is 0 Å². The molecule has 1 aliphatic rings. The van der Waals surface area contributed by atoms with Gasteiger partial charge in [-0.15, -0.1) is 0 Å². The molecule has 40 heavy (non-hydrogen) atoms. The minimum atomic E-state index is -0.164. The molecule has 0 unspecified atom stereocenters. The zero-order valence-electron chi connectivity index (χ0n) is 21.3. The lowest BCUT2D eigenvalue weighted by atomic mass is 9.83. The Bertz CT molecular complexity index is 1920. The minimum Gasteiger partial charge on any atom is -0.307 e. The molecule has 0 aliphatic heterocycles. The smallest absolute Gasteiger partial charge is 0.196 e. The summed E-state index contributed by atoms with van der Waals surface area (Å²) in [5.41, 5.74) is 7.57. The van der Waals surface area contributed by atoms with Crippen LogP contribution in [0.4, 0.5) is 0 Å². The fraction of sp³-hybridized carbons (Fsp3) is 0. The molecule has 0 atom stereocenters. The second-order valence-corrected chi connectivity index (χ2v) is 10.2. The molecule has 0 amide bonds. The van der Waals surface area contributed by atoms with Crippen LogP contribution in [-0.2, 0) is 0 Å². The molecule has 0 spiro atoms. The van der Waals surface area contributed by atoms with Crippen LogP contribution < -0.4 is 0 Å². The van der Waals surface area contributed by atoms with Gasteiger partial charge in [0, 0.05) is 21.7 Å². The molecule has 0 bridgehead atoms. The summed E-state index contributed by atoms with van der Waals surface area (Å²) in [6.45, 7) is 0. The first kappa shape index (κ1) is 24.1. The summed E-state index contributed by atoms with van der Waals surface area (Å²) < 4.78 is 2.09. The van der Waals surface area contributed by atoms with Gasteiger partial charge >= 0.3 is 0 Å². The van der Waals surface area contributed by atoms with Gasteiger partial charge in [-0.3, -0.25) is 9.59 Å². The first-order valence-electron chi connectivity index (χ1n) is 13.1. The summed E-state index contributed by atoms with van der Waals surface area (Å²) in [7, 11) is 0. The summed E-state index contributed by atoms with van der Waals surface area (Å²) in [5, 5.41) is 0.594. The fourth-order valence-corrected chi connectivity index (χ4v) is 5.81. The lowest BCUT2D eigenvalue weighted by Crippen LogP contribution is -2.20. The monoisotopic (exact) mass is 535 g/mol. The van der Waals surface area contributed by atoms with Gasteiger partial charge in [0.15, 0.2) is 11.6 Å². The Morgan fingerprint density at radius 2 is 0.850 bits per heavy atom. The largest absolute Gasteiger partial charge is 0.307 e. The van der Waals surface area contributed by atoms with Crippen molar-refractivity contribution in [2.75, 3.05) is 0 Å².